The number of hydrogen-bond donors (Lipinski definition) is 1. The zero-order chi connectivity index (χ0) is 15.7. The average Bonchev–Trinajstić information content (AvgIpc) is 2.80. The Labute approximate surface area is 133 Å². The van der Waals surface area contributed by atoms with Crippen LogP contribution in [0.2, 0.25) is 0 Å². The SMILES string of the molecule is FC(F)(F)c1cccc(NCn2c(=S)sc3ccccc32)c1. The van der Waals surface area contributed by atoms with Crippen LogP contribution in [0, 0.1) is 3.95 Å². The Morgan fingerprint density at radius 2 is 1.86 bits per heavy atom. The van der Waals surface area contributed by atoms with Gasteiger partial charge in [-0.15, -0.1) is 11.3 Å². The van der Waals surface area contributed by atoms with E-state index >= 15 is 0 Å². The van der Waals surface area contributed by atoms with E-state index in [4.69, 9.17) is 12.2 Å². The molecule has 1 heterocycles. The number of hydrogen-bond acceptors (Lipinski definition) is 3. The third-order valence-electron chi connectivity index (χ3n) is 3.20. The minimum absolute atomic E-state index is 0.324. The van der Waals surface area contributed by atoms with Crippen molar-refractivity contribution in [2.45, 2.75) is 12.8 Å². The number of benzene rings is 2. The lowest BCUT2D eigenvalue weighted by atomic mass is 10.2. The second-order valence-electron chi connectivity index (χ2n) is 4.68. The Hall–Kier alpha value is -1.86. The van der Waals surface area contributed by atoms with Crippen molar-refractivity contribution >= 4 is 39.5 Å². The van der Waals surface area contributed by atoms with Crippen molar-refractivity contribution in [3.05, 3.63) is 58.0 Å². The van der Waals surface area contributed by atoms with E-state index in [9.17, 15) is 13.2 Å². The van der Waals surface area contributed by atoms with Crippen molar-refractivity contribution in [1.82, 2.24) is 4.57 Å². The van der Waals surface area contributed by atoms with Crippen molar-refractivity contribution < 1.29 is 13.2 Å². The second-order valence-corrected chi connectivity index (χ2v) is 6.35. The molecule has 0 aliphatic carbocycles. The van der Waals surface area contributed by atoms with Crippen LogP contribution in [0.3, 0.4) is 0 Å². The lowest BCUT2D eigenvalue weighted by Gasteiger charge is -2.11. The number of halogens is 3. The number of alkyl halides is 3. The molecule has 0 bridgehead atoms. The number of fused-ring (bicyclic) bond motifs is 1. The van der Waals surface area contributed by atoms with Crippen LogP contribution in [0.4, 0.5) is 18.9 Å². The van der Waals surface area contributed by atoms with Gasteiger partial charge in [0.05, 0.1) is 22.4 Å². The lowest BCUT2D eigenvalue weighted by molar-refractivity contribution is -0.137. The van der Waals surface area contributed by atoms with Crippen LogP contribution in [-0.4, -0.2) is 4.57 Å². The molecule has 0 fully saturated rings. The van der Waals surface area contributed by atoms with Crippen LogP contribution in [-0.2, 0) is 12.8 Å². The summed E-state index contributed by atoms with van der Waals surface area (Å²) in [7, 11) is 0. The van der Waals surface area contributed by atoms with Gasteiger partial charge < -0.3 is 9.88 Å². The standard InChI is InChI=1S/C15H11F3N2S2/c16-15(17,18)10-4-3-5-11(8-10)19-9-20-12-6-1-2-7-13(12)22-14(20)21/h1-8,19H,9H2. The smallest absolute Gasteiger partial charge is 0.367 e. The molecule has 2 nitrogen and oxygen atoms in total. The summed E-state index contributed by atoms with van der Waals surface area (Å²) in [5.41, 5.74) is 0.709. The molecule has 22 heavy (non-hydrogen) atoms. The molecule has 0 aliphatic heterocycles. The van der Waals surface area contributed by atoms with Gasteiger partial charge in [-0.25, -0.2) is 0 Å². The Kier molecular flexibility index (Phi) is 3.92. The van der Waals surface area contributed by atoms with Gasteiger partial charge in [-0.1, -0.05) is 18.2 Å². The van der Waals surface area contributed by atoms with Crippen molar-refractivity contribution in [3.8, 4) is 0 Å². The Morgan fingerprint density at radius 3 is 2.64 bits per heavy atom. The monoisotopic (exact) mass is 340 g/mol. The van der Waals surface area contributed by atoms with Crippen molar-refractivity contribution in [2.24, 2.45) is 0 Å². The highest BCUT2D eigenvalue weighted by Gasteiger charge is 2.30. The maximum absolute atomic E-state index is 12.7. The number of aromatic nitrogens is 1. The fraction of sp³-hybridized carbons (Fsp3) is 0.133. The highest BCUT2D eigenvalue weighted by molar-refractivity contribution is 7.73. The van der Waals surface area contributed by atoms with E-state index in [1.165, 1.54) is 17.4 Å². The maximum Gasteiger partial charge on any atom is 0.416 e. The van der Waals surface area contributed by atoms with Crippen LogP contribution >= 0.6 is 23.6 Å². The van der Waals surface area contributed by atoms with E-state index in [0.717, 1.165) is 22.3 Å². The van der Waals surface area contributed by atoms with Crippen LogP contribution in [0.1, 0.15) is 5.56 Å². The number of nitrogens with one attached hydrogen (secondary N) is 1. The summed E-state index contributed by atoms with van der Waals surface area (Å²) in [5.74, 6) is 0. The number of rotatable bonds is 3. The second kappa shape index (κ2) is 5.73. The van der Waals surface area contributed by atoms with Crippen LogP contribution in [0.15, 0.2) is 48.5 Å². The fourth-order valence-electron chi connectivity index (χ4n) is 2.14. The third kappa shape index (κ3) is 3.00. The molecule has 1 N–H and O–H groups in total. The number of para-hydroxylation sites is 1. The molecule has 0 radical (unpaired) electrons. The predicted octanol–water partition coefficient (Wildman–Crippen LogP) is 5.52. The molecule has 0 aliphatic rings. The Morgan fingerprint density at radius 1 is 1.09 bits per heavy atom. The van der Waals surface area contributed by atoms with Gasteiger partial charge in [-0.2, -0.15) is 13.2 Å². The molecule has 3 rings (SSSR count). The molecule has 0 saturated carbocycles. The van der Waals surface area contributed by atoms with E-state index < -0.39 is 11.7 Å². The average molecular weight is 340 g/mol. The Bertz CT molecular complexity index is 865. The minimum Gasteiger partial charge on any atom is -0.367 e. The summed E-state index contributed by atoms with van der Waals surface area (Å²) in [6.07, 6.45) is -4.34. The largest absolute Gasteiger partial charge is 0.416 e. The number of thiazole rings is 1. The van der Waals surface area contributed by atoms with E-state index in [2.05, 4.69) is 5.32 Å². The van der Waals surface area contributed by atoms with Gasteiger partial charge in [0, 0.05) is 5.69 Å². The molecule has 3 aromatic rings. The van der Waals surface area contributed by atoms with E-state index in [1.54, 1.807) is 6.07 Å². The first-order valence-corrected chi connectivity index (χ1v) is 7.67. The van der Waals surface area contributed by atoms with Crippen LogP contribution in [0.5, 0.6) is 0 Å². The molecule has 0 unspecified atom stereocenters. The Balaban J connectivity index is 1.86. The first-order chi connectivity index (χ1) is 10.4. The fourth-order valence-corrected chi connectivity index (χ4v) is 3.46. The van der Waals surface area contributed by atoms with E-state index in [1.807, 2.05) is 28.8 Å². The van der Waals surface area contributed by atoms with Crippen LogP contribution in [0.25, 0.3) is 10.2 Å². The molecule has 114 valence electrons. The van der Waals surface area contributed by atoms with Gasteiger partial charge in [-0.3, -0.25) is 0 Å². The maximum atomic E-state index is 12.7. The summed E-state index contributed by atoms with van der Waals surface area (Å²) in [6, 6.07) is 12.9. The van der Waals surface area contributed by atoms with Gasteiger partial charge in [0.15, 0.2) is 3.95 Å². The van der Waals surface area contributed by atoms with E-state index in [0.29, 0.717) is 16.3 Å². The highest BCUT2D eigenvalue weighted by Crippen LogP contribution is 2.31. The van der Waals surface area contributed by atoms with Gasteiger partial charge in [-0.05, 0) is 42.5 Å². The first kappa shape index (κ1) is 15.1. The minimum atomic E-state index is -4.34. The molecule has 0 atom stereocenters. The summed E-state index contributed by atoms with van der Waals surface area (Å²) in [5, 5.41) is 3.00. The third-order valence-corrected chi connectivity index (χ3v) is 4.64. The number of nitrogens with zero attached hydrogens (tertiary/aromatic N) is 1. The van der Waals surface area contributed by atoms with Crippen molar-refractivity contribution in [2.75, 3.05) is 5.32 Å². The van der Waals surface area contributed by atoms with Crippen molar-refractivity contribution in [3.63, 3.8) is 0 Å². The summed E-state index contributed by atoms with van der Waals surface area (Å²) >= 11 is 6.79. The zero-order valence-corrected chi connectivity index (χ0v) is 12.9. The van der Waals surface area contributed by atoms with Gasteiger partial charge in [0.2, 0.25) is 0 Å². The number of anilines is 1. The summed E-state index contributed by atoms with van der Waals surface area (Å²) in [4.78, 5) is 0. The quantitative estimate of drug-likeness (QED) is 0.632. The molecule has 7 heteroatoms. The van der Waals surface area contributed by atoms with Gasteiger partial charge >= 0.3 is 6.18 Å². The normalized spacial score (nSPS) is 11.8. The molecule has 2 aromatic carbocycles. The topological polar surface area (TPSA) is 17.0 Å². The van der Waals surface area contributed by atoms with Gasteiger partial charge in [0.1, 0.15) is 0 Å². The molecular formula is C15H11F3N2S2. The van der Waals surface area contributed by atoms with E-state index in [-0.39, 0.29) is 0 Å². The molecule has 0 spiro atoms. The summed E-state index contributed by atoms with van der Waals surface area (Å²) in [6.45, 7) is 0.324. The summed E-state index contributed by atoms with van der Waals surface area (Å²) < 4.78 is 41.7. The van der Waals surface area contributed by atoms with Crippen LogP contribution < -0.4 is 5.32 Å². The van der Waals surface area contributed by atoms with Gasteiger partial charge in [0.25, 0.3) is 0 Å². The first-order valence-electron chi connectivity index (χ1n) is 6.45. The van der Waals surface area contributed by atoms with Crippen molar-refractivity contribution in [1.29, 1.82) is 0 Å². The lowest BCUT2D eigenvalue weighted by Crippen LogP contribution is -2.09. The predicted molar refractivity (Wildman–Crippen MR) is 85.7 cm³/mol. The highest BCUT2D eigenvalue weighted by atomic mass is 32.1. The zero-order valence-electron chi connectivity index (χ0n) is 11.2. The molecule has 0 saturated heterocycles. The molecular weight excluding hydrogens is 329 g/mol. The molecule has 0 amide bonds. The molecule has 1 aromatic heterocycles.